The van der Waals surface area contributed by atoms with Crippen molar-refractivity contribution in [3.05, 3.63) is 33.4 Å². The largest absolute Gasteiger partial charge is 0.327 e. The van der Waals surface area contributed by atoms with Crippen molar-refractivity contribution in [2.45, 2.75) is 31.2 Å². The van der Waals surface area contributed by atoms with Crippen LogP contribution in [-0.4, -0.2) is 6.04 Å². The van der Waals surface area contributed by atoms with E-state index in [2.05, 4.69) is 46.9 Å². The predicted molar refractivity (Wildman–Crippen MR) is 63.7 cm³/mol. The van der Waals surface area contributed by atoms with Crippen molar-refractivity contribution < 1.29 is 0 Å². The summed E-state index contributed by atoms with van der Waals surface area (Å²) in [7, 11) is 0. The second-order valence-corrected chi connectivity index (χ2v) is 5.00. The van der Waals surface area contributed by atoms with Crippen LogP contribution in [0.25, 0.3) is 0 Å². The highest BCUT2D eigenvalue weighted by atomic mass is 127. The van der Waals surface area contributed by atoms with Gasteiger partial charge in [-0.15, -0.1) is 0 Å². The molecule has 1 aliphatic rings. The average Bonchev–Trinajstić information content (AvgIpc) is 2.51. The summed E-state index contributed by atoms with van der Waals surface area (Å²) in [5.41, 5.74) is 7.49. The zero-order valence-corrected chi connectivity index (χ0v) is 9.70. The lowest BCUT2D eigenvalue weighted by Crippen LogP contribution is -2.22. The Labute approximate surface area is 92.9 Å². The maximum Gasteiger partial charge on any atom is 0.0133 e. The zero-order chi connectivity index (χ0) is 9.26. The SMILES string of the molecule is N[C@@H]1CCC[C@@H]1c1cccc(I)c1. The van der Waals surface area contributed by atoms with Crippen molar-refractivity contribution in [1.82, 2.24) is 0 Å². The van der Waals surface area contributed by atoms with Gasteiger partial charge in [-0.25, -0.2) is 0 Å². The summed E-state index contributed by atoms with van der Waals surface area (Å²) in [6.07, 6.45) is 3.74. The fourth-order valence-electron chi connectivity index (χ4n) is 2.14. The van der Waals surface area contributed by atoms with Gasteiger partial charge in [0.2, 0.25) is 0 Å². The highest BCUT2D eigenvalue weighted by Gasteiger charge is 2.25. The molecule has 0 heterocycles. The van der Waals surface area contributed by atoms with Crippen LogP contribution in [0.2, 0.25) is 0 Å². The molecular weight excluding hydrogens is 273 g/mol. The Morgan fingerprint density at radius 2 is 2.15 bits per heavy atom. The summed E-state index contributed by atoms with van der Waals surface area (Å²) in [6.45, 7) is 0. The molecule has 0 spiro atoms. The van der Waals surface area contributed by atoms with E-state index >= 15 is 0 Å². The third-order valence-electron chi connectivity index (χ3n) is 2.85. The van der Waals surface area contributed by atoms with E-state index < -0.39 is 0 Å². The smallest absolute Gasteiger partial charge is 0.0133 e. The first-order valence-electron chi connectivity index (χ1n) is 4.78. The molecule has 0 saturated heterocycles. The van der Waals surface area contributed by atoms with Crippen LogP contribution in [0.5, 0.6) is 0 Å². The molecule has 0 unspecified atom stereocenters. The number of hydrogen-bond acceptors (Lipinski definition) is 1. The fraction of sp³-hybridized carbons (Fsp3) is 0.455. The van der Waals surface area contributed by atoms with Crippen LogP contribution in [0.15, 0.2) is 24.3 Å². The van der Waals surface area contributed by atoms with E-state index in [4.69, 9.17) is 5.73 Å². The molecule has 0 radical (unpaired) electrons. The number of halogens is 1. The molecular formula is C11H14IN. The molecule has 2 heteroatoms. The van der Waals surface area contributed by atoms with Gasteiger partial charge in [-0.1, -0.05) is 18.6 Å². The Balaban J connectivity index is 2.24. The molecule has 1 saturated carbocycles. The molecule has 2 atom stereocenters. The van der Waals surface area contributed by atoms with E-state index in [9.17, 15) is 0 Å². The van der Waals surface area contributed by atoms with Crippen molar-refractivity contribution in [3.63, 3.8) is 0 Å². The van der Waals surface area contributed by atoms with Crippen LogP contribution in [-0.2, 0) is 0 Å². The lowest BCUT2D eigenvalue weighted by Gasteiger charge is -2.15. The Kier molecular flexibility index (Phi) is 2.89. The van der Waals surface area contributed by atoms with Crippen molar-refractivity contribution in [3.8, 4) is 0 Å². The Hall–Kier alpha value is -0.0900. The lowest BCUT2D eigenvalue weighted by molar-refractivity contribution is 0.613. The van der Waals surface area contributed by atoms with Crippen molar-refractivity contribution in [2.75, 3.05) is 0 Å². The van der Waals surface area contributed by atoms with E-state index in [1.807, 2.05) is 0 Å². The minimum absolute atomic E-state index is 0.387. The molecule has 0 bridgehead atoms. The highest BCUT2D eigenvalue weighted by Crippen LogP contribution is 2.33. The van der Waals surface area contributed by atoms with Gasteiger partial charge in [0.05, 0.1) is 0 Å². The van der Waals surface area contributed by atoms with Crippen molar-refractivity contribution >= 4 is 22.6 Å². The molecule has 70 valence electrons. The third kappa shape index (κ3) is 2.05. The first-order chi connectivity index (χ1) is 6.27. The first-order valence-corrected chi connectivity index (χ1v) is 5.86. The molecule has 0 aromatic heterocycles. The second kappa shape index (κ2) is 3.96. The average molecular weight is 287 g/mol. The predicted octanol–water partition coefficient (Wildman–Crippen LogP) is 2.89. The van der Waals surface area contributed by atoms with Crippen LogP contribution in [0.3, 0.4) is 0 Å². The zero-order valence-electron chi connectivity index (χ0n) is 7.54. The normalized spacial score (nSPS) is 27.8. The van der Waals surface area contributed by atoms with Gasteiger partial charge in [0.15, 0.2) is 0 Å². The summed E-state index contributed by atoms with van der Waals surface area (Å²) in [5.74, 6) is 0.606. The molecule has 1 aromatic rings. The maximum absolute atomic E-state index is 6.06. The van der Waals surface area contributed by atoms with Crippen LogP contribution >= 0.6 is 22.6 Å². The molecule has 13 heavy (non-hydrogen) atoms. The molecule has 1 nitrogen and oxygen atoms in total. The van der Waals surface area contributed by atoms with Crippen LogP contribution in [0, 0.1) is 3.57 Å². The van der Waals surface area contributed by atoms with E-state index in [1.165, 1.54) is 28.4 Å². The van der Waals surface area contributed by atoms with Gasteiger partial charge in [0.1, 0.15) is 0 Å². The standard InChI is InChI=1S/C11H14IN/c12-9-4-1-3-8(7-9)10-5-2-6-11(10)13/h1,3-4,7,10-11H,2,5-6,13H2/t10-,11-/m1/s1. The fourth-order valence-corrected chi connectivity index (χ4v) is 2.71. The Morgan fingerprint density at radius 1 is 1.31 bits per heavy atom. The monoisotopic (exact) mass is 287 g/mol. The first kappa shape index (κ1) is 9.46. The van der Waals surface area contributed by atoms with E-state index in [0.717, 1.165) is 0 Å². The van der Waals surface area contributed by atoms with Gasteiger partial charge in [-0.05, 0) is 59.0 Å². The number of rotatable bonds is 1. The maximum atomic E-state index is 6.06. The topological polar surface area (TPSA) is 26.0 Å². The quantitative estimate of drug-likeness (QED) is 0.790. The minimum Gasteiger partial charge on any atom is -0.327 e. The molecule has 1 aliphatic carbocycles. The van der Waals surface area contributed by atoms with Gasteiger partial charge < -0.3 is 5.73 Å². The molecule has 2 N–H and O–H groups in total. The Morgan fingerprint density at radius 3 is 2.77 bits per heavy atom. The lowest BCUT2D eigenvalue weighted by atomic mass is 9.95. The van der Waals surface area contributed by atoms with Crippen LogP contribution < -0.4 is 5.73 Å². The van der Waals surface area contributed by atoms with E-state index in [-0.39, 0.29) is 0 Å². The number of nitrogens with two attached hydrogens (primary N) is 1. The molecule has 1 aromatic carbocycles. The van der Waals surface area contributed by atoms with Gasteiger partial charge in [0, 0.05) is 9.61 Å². The summed E-state index contributed by atoms with van der Waals surface area (Å²) < 4.78 is 1.31. The number of hydrogen-bond donors (Lipinski definition) is 1. The summed E-state index contributed by atoms with van der Waals surface area (Å²) in [4.78, 5) is 0. The van der Waals surface area contributed by atoms with Gasteiger partial charge >= 0.3 is 0 Å². The van der Waals surface area contributed by atoms with E-state index in [0.29, 0.717) is 12.0 Å². The third-order valence-corrected chi connectivity index (χ3v) is 3.52. The molecule has 2 rings (SSSR count). The summed E-state index contributed by atoms with van der Waals surface area (Å²) in [6, 6.07) is 9.11. The second-order valence-electron chi connectivity index (χ2n) is 3.76. The Bertz CT molecular complexity index is 298. The molecule has 0 aliphatic heterocycles. The van der Waals surface area contributed by atoms with Crippen LogP contribution in [0.1, 0.15) is 30.7 Å². The molecule has 1 fully saturated rings. The molecule has 0 amide bonds. The van der Waals surface area contributed by atoms with Gasteiger partial charge in [-0.2, -0.15) is 0 Å². The minimum atomic E-state index is 0.387. The summed E-state index contributed by atoms with van der Waals surface area (Å²) in [5, 5.41) is 0. The van der Waals surface area contributed by atoms with Crippen LogP contribution in [0.4, 0.5) is 0 Å². The van der Waals surface area contributed by atoms with Crippen molar-refractivity contribution in [1.29, 1.82) is 0 Å². The van der Waals surface area contributed by atoms with Gasteiger partial charge in [-0.3, -0.25) is 0 Å². The highest BCUT2D eigenvalue weighted by molar-refractivity contribution is 14.1. The summed E-state index contributed by atoms with van der Waals surface area (Å²) >= 11 is 2.36. The van der Waals surface area contributed by atoms with Crippen molar-refractivity contribution in [2.24, 2.45) is 5.73 Å². The number of benzene rings is 1. The van der Waals surface area contributed by atoms with Gasteiger partial charge in [0.25, 0.3) is 0 Å². The van der Waals surface area contributed by atoms with E-state index in [1.54, 1.807) is 0 Å².